The highest BCUT2D eigenvalue weighted by molar-refractivity contribution is 6.34. The standard InChI is InChI=1S/C21H19Cl2N3O3/c1-25(2)21(28)14-7-6-13(10-16(14)22)24-20(27)15-11-17(23)18(12-19(15)29-3)26-8-4-5-9-26/h4-12H,1-3H3,(H,24,27). The molecule has 150 valence electrons. The number of methoxy groups -OCH3 is 1. The largest absolute Gasteiger partial charge is 0.496 e. The molecule has 1 aromatic heterocycles. The van der Waals surface area contributed by atoms with Crippen molar-refractivity contribution >= 4 is 40.7 Å². The number of halogens is 2. The Labute approximate surface area is 178 Å². The van der Waals surface area contributed by atoms with Crippen LogP contribution in [-0.4, -0.2) is 42.5 Å². The molecule has 6 nitrogen and oxygen atoms in total. The first-order valence-electron chi connectivity index (χ1n) is 8.65. The Morgan fingerprint density at radius 3 is 2.28 bits per heavy atom. The summed E-state index contributed by atoms with van der Waals surface area (Å²) >= 11 is 12.6. The van der Waals surface area contributed by atoms with Gasteiger partial charge in [-0.25, -0.2) is 0 Å². The molecule has 0 aliphatic carbocycles. The summed E-state index contributed by atoms with van der Waals surface area (Å²) in [6.45, 7) is 0. The number of hydrogen-bond donors (Lipinski definition) is 1. The van der Waals surface area contributed by atoms with Crippen LogP contribution in [0.25, 0.3) is 5.69 Å². The second-order valence-corrected chi connectivity index (χ2v) is 7.26. The van der Waals surface area contributed by atoms with Gasteiger partial charge in [-0.05, 0) is 36.4 Å². The minimum Gasteiger partial charge on any atom is -0.496 e. The van der Waals surface area contributed by atoms with E-state index in [-0.39, 0.29) is 16.5 Å². The molecule has 0 radical (unpaired) electrons. The van der Waals surface area contributed by atoms with Gasteiger partial charge in [0.1, 0.15) is 5.75 Å². The van der Waals surface area contributed by atoms with Crippen LogP contribution in [0, 0.1) is 0 Å². The van der Waals surface area contributed by atoms with Crippen molar-refractivity contribution in [3.63, 3.8) is 0 Å². The van der Waals surface area contributed by atoms with Crippen LogP contribution >= 0.6 is 23.2 Å². The number of hydrogen-bond acceptors (Lipinski definition) is 3. The Balaban J connectivity index is 1.88. The van der Waals surface area contributed by atoms with Crippen molar-refractivity contribution in [2.75, 3.05) is 26.5 Å². The third-order valence-electron chi connectivity index (χ3n) is 4.26. The van der Waals surface area contributed by atoms with Crippen LogP contribution in [0.1, 0.15) is 20.7 Å². The average Bonchev–Trinajstić information content (AvgIpc) is 3.21. The molecule has 2 amide bonds. The zero-order chi connectivity index (χ0) is 21.1. The van der Waals surface area contributed by atoms with Crippen molar-refractivity contribution in [2.45, 2.75) is 0 Å². The molecule has 0 saturated heterocycles. The molecule has 3 aromatic rings. The number of nitrogens with one attached hydrogen (secondary N) is 1. The zero-order valence-electron chi connectivity index (χ0n) is 16.1. The van der Waals surface area contributed by atoms with Gasteiger partial charge in [-0.15, -0.1) is 0 Å². The summed E-state index contributed by atoms with van der Waals surface area (Å²) in [7, 11) is 4.77. The second-order valence-electron chi connectivity index (χ2n) is 6.44. The molecule has 0 saturated carbocycles. The fourth-order valence-electron chi connectivity index (χ4n) is 2.79. The Bertz CT molecular complexity index is 1060. The molecular weight excluding hydrogens is 413 g/mol. The molecule has 3 rings (SSSR count). The Morgan fingerprint density at radius 2 is 1.69 bits per heavy atom. The smallest absolute Gasteiger partial charge is 0.259 e. The number of aromatic nitrogens is 1. The summed E-state index contributed by atoms with van der Waals surface area (Å²) < 4.78 is 7.22. The number of anilines is 1. The summed E-state index contributed by atoms with van der Waals surface area (Å²) in [5.41, 5.74) is 1.77. The van der Waals surface area contributed by atoms with Crippen LogP contribution in [0.15, 0.2) is 54.9 Å². The molecule has 1 N–H and O–H groups in total. The number of nitrogens with zero attached hydrogens (tertiary/aromatic N) is 2. The number of ether oxygens (including phenoxy) is 1. The highest BCUT2D eigenvalue weighted by Gasteiger charge is 2.18. The van der Waals surface area contributed by atoms with E-state index in [2.05, 4.69) is 5.32 Å². The van der Waals surface area contributed by atoms with E-state index in [1.807, 2.05) is 29.1 Å². The quantitative estimate of drug-likeness (QED) is 0.633. The van der Waals surface area contributed by atoms with E-state index in [9.17, 15) is 9.59 Å². The van der Waals surface area contributed by atoms with Crippen molar-refractivity contribution in [2.24, 2.45) is 0 Å². The fraction of sp³-hybridized carbons (Fsp3) is 0.143. The van der Waals surface area contributed by atoms with Crippen LogP contribution in [-0.2, 0) is 0 Å². The van der Waals surface area contributed by atoms with Gasteiger partial charge in [-0.3, -0.25) is 9.59 Å². The predicted molar refractivity (Wildman–Crippen MR) is 115 cm³/mol. The summed E-state index contributed by atoms with van der Waals surface area (Å²) in [6, 6.07) is 11.7. The molecule has 0 atom stereocenters. The molecule has 1 heterocycles. The minimum absolute atomic E-state index is 0.220. The van der Waals surface area contributed by atoms with Gasteiger partial charge < -0.3 is 19.5 Å². The first kappa shape index (κ1) is 20.8. The highest BCUT2D eigenvalue weighted by Crippen LogP contribution is 2.31. The SMILES string of the molecule is COc1cc(-n2cccc2)c(Cl)cc1C(=O)Nc1ccc(C(=O)N(C)C)c(Cl)c1. The molecule has 0 spiro atoms. The molecule has 29 heavy (non-hydrogen) atoms. The lowest BCUT2D eigenvalue weighted by Crippen LogP contribution is -2.22. The Kier molecular flexibility index (Phi) is 6.15. The van der Waals surface area contributed by atoms with Gasteiger partial charge in [-0.1, -0.05) is 23.2 Å². The number of amides is 2. The van der Waals surface area contributed by atoms with Gasteiger partial charge in [-0.2, -0.15) is 0 Å². The van der Waals surface area contributed by atoms with Gasteiger partial charge >= 0.3 is 0 Å². The maximum absolute atomic E-state index is 12.8. The van der Waals surface area contributed by atoms with E-state index in [0.717, 1.165) is 0 Å². The maximum Gasteiger partial charge on any atom is 0.259 e. The van der Waals surface area contributed by atoms with Crippen molar-refractivity contribution in [3.05, 3.63) is 76.0 Å². The summed E-state index contributed by atoms with van der Waals surface area (Å²) in [4.78, 5) is 26.3. The van der Waals surface area contributed by atoms with Crippen LogP contribution in [0.4, 0.5) is 5.69 Å². The maximum atomic E-state index is 12.8. The van der Waals surface area contributed by atoms with Crippen molar-refractivity contribution in [3.8, 4) is 11.4 Å². The highest BCUT2D eigenvalue weighted by atomic mass is 35.5. The molecular formula is C21H19Cl2N3O3. The summed E-state index contributed by atoms with van der Waals surface area (Å²) in [6.07, 6.45) is 3.69. The minimum atomic E-state index is -0.412. The van der Waals surface area contributed by atoms with Crippen LogP contribution < -0.4 is 10.1 Å². The lowest BCUT2D eigenvalue weighted by atomic mass is 10.1. The second kappa shape index (κ2) is 8.59. The third-order valence-corrected chi connectivity index (χ3v) is 4.88. The van der Waals surface area contributed by atoms with E-state index in [1.54, 1.807) is 38.4 Å². The molecule has 0 bridgehead atoms. The molecule has 8 heteroatoms. The topological polar surface area (TPSA) is 63.6 Å². The molecule has 0 fully saturated rings. The van der Waals surface area contributed by atoms with E-state index >= 15 is 0 Å². The van der Waals surface area contributed by atoms with Crippen molar-refractivity contribution in [1.82, 2.24) is 9.47 Å². The van der Waals surface area contributed by atoms with Crippen LogP contribution in [0.5, 0.6) is 5.75 Å². The van der Waals surface area contributed by atoms with Gasteiger partial charge in [0.05, 0.1) is 34.0 Å². The number of carbonyl (C=O) groups is 2. The Hall–Kier alpha value is -2.96. The first-order valence-corrected chi connectivity index (χ1v) is 9.41. The fourth-order valence-corrected chi connectivity index (χ4v) is 3.31. The van der Waals surface area contributed by atoms with Crippen molar-refractivity contribution in [1.29, 1.82) is 0 Å². The third kappa shape index (κ3) is 4.39. The molecule has 0 unspecified atom stereocenters. The van der Waals surface area contributed by atoms with Gasteiger partial charge in [0.15, 0.2) is 0 Å². The normalized spacial score (nSPS) is 10.5. The summed E-state index contributed by atoms with van der Waals surface area (Å²) in [5, 5.41) is 3.40. The predicted octanol–water partition coefficient (Wildman–Crippen LogP) is 4.75. The zero-order valence-corrected chi connectivity index (χ0v) is 17.6. The van der Waals surface area contributed by atoms with E-state index in [1.165, 1.54) is 18.1 Å². The van der Waals surface area contributed by atoms with Crippen molar-refractivity contribution < 1.29 is 14.3 Å². The Morgan fingerprint density at radius 1 is 1.00 bits per heavy atom. The lowest BCUT2D eigenvalue weighted by molar-refractivity contribution is 0.0827. The van der Waals surface area contributed by atoms with E-state index < -0.39 is 5.91 Å². The number of carbonyl (C=O) groups excluding carboxylic acids is 2. The van der Waals surface area contributed by atoms with Gasteiger partial charge in [0.25, 0.3) is 11.8 Å². The van der Waals surface area contributed by atoms with Gasteiger partial charge in [0.2, 0.25) is 0 Å². The number of rotatable bonds is 5. The molecule has 0 aliphatic heterocycles. The van der Waals surface area contributed by atoms with Gasteiger partial charge in [0, 0.05) is 38.2 Å². The average molecular weight is 432 g/mol. The number of benzene rings is 2. The van der Waals surface area contributed by atoms with Crippen LogP contribution in [0.2, 0.25) is 10.0 Å². The molecule has 0 aliphatic rings. The summed E-state index contributed by atoms with van der Waals surface area (Å²) in [5.74, 6) is -0.256. The lowest BCUT2D eigenvalue weighted by Gasteiger charge is -2.15. The molecule has 2 aromatic carbocycles. The first-order chi connectivity index (χ1) is 13.8. The van der Waals surface area contributed by atoms with E-state index in [4.69, 9.17) is 27.9 Å². The van der Waals surface area contributed by atoms with E-state index in [0.29, 0.717) is 27.7 Å². The van der Waals surface area contributed by atoms with Crippen LogP contribution in [0.3, 0.4) is 0 Å². The monoisotopic (exact) mass is 431 g/mol.